The third-order valence-electron chi connectivity index (χ3n) is 3.34. The van der Waals surface area contributed by atoms with Gasteiger partial charge in [-0.2, -0.15) is 0 Å². The van der Waals surface area contributed by atoms with Crippen LogP contribution in [0, 0.1) is 0 Å². The van der Waals surface area contributed by atoms with Gasteiger partial charge in [-0.05, 0) is 25.8 Å². The first kappa shape index (κ1) is 12.6. The lowest BCUT2D eigenvalue weighted by Gasteiger charge is -2.32. The first-order chi connectivity index (χ1) is 8.13. The zero-order valence-electron chi connectivity index (χ0n) is 10.8. The Hall–Kier alpha value is -0.900. The summed E-state index contributed by atoms with van der Waals surface area (Å²) in [5.41, 5.74) is 1.12. The summed E-state index contributed by atoms with van der Waals surface area (Å²) in [6.45, 7) is 5.57. The van der Waals surface area contributed by atoms with Crippen molar-refractivity contribution in [2.75, 3.05) is 20.4 Å². The van der Waals surface area contributed by atoms with Crippen molar-refractivity contribution in [3.63, 3.8) is 0 Å². The Morgan fingerprint density at radius 3 is 2.71 bits per heavy atom. The molecule has 3 nitrogen and oxygen atoms in total. The second-order valence-corrected chi connectivity index (χ2v) is 4.99. The molecular formula is C14H21NO2. The molecule has 1 saturated heterocycles. The molecule has 0 radical (unpaired) electrons. The van der Waals surface area contributed by atoms with Crippen molar-refractivity contribution in [1.82, 2.24) is 4.90 Å². The van der Waals surface area contributed by atoms with Crippen LogP contribution in [-0.4, -0.2) is 37.1 Å². The van der Waals surface area contributed by atoms with E-state index >= 15 is 0 Å². The maximum absolute atomic E-state index is 5.84. The molecule has 0 amide bonds. The van der Waals surface area contributed by atoms with Crippen molar-refractivity contribution in [3.8, 4) is 0 Å². The Labute approximate surface area is 103 Å². The molecule has 1 unspecified atom stereocenters. The Kier molecular flexibility index (Phi) is 3.82. The summed E-state index contributed by atoms with van der Waals surface area (Å²) in [7, 11) is 1.73. The lowest BCUT2D eigenvalue weighted by Crippen LogP contribution is -2.45. The molecule has 1 heterocycles. The minimum absolute atomic E-state index is 0.227. The van der Waals surface area contributed by atoms with Crippen LogP contribution in [0.3, 0.4) is 0 Å². The highest BCUT2D eigenvalue weighted by Gasteiger charge is 2.40. The summed E-state index contributed by atoms with van der Waals surface area (Å²) in [4.78, 5) is 2.28. The molecule has 1 aliphatic rings. The van der Waals surface area contributed by atoms with E-state index < -0.39 is 0 Å². The number of ether oxygens (including phenoxy) is 2. The molecule has 0 saturated carbocycles. The third kappa shape index (κ3) is 2.86. The highest BCUT2D eigenvalue weighted by Crippen LogP contribution is 2.28. The normalized spacial score (nSPS) is 24.1. The maximum atomic E-state index is 5.84. The highest BCUT2D eigenvalue weighted by atomic mass is 16.5. The smallest absolute Gasteiger partial charge is 0.118 e. The van der Waals surface area contributed by atoms with Crippen molar-refractivity contribution >= 4 is 0 Å². The number of hydrogen-bond donors (Lipinski definition) is 0. The van der Waals surface area contributed by atoms with Crippen LogP contribution >= 0.6 is 0 Å². The number of rotatable bonds is 4. The van der Waals surface area contributed by atoms with Gasteiger partial charge in [0.25, 0.3) is 0 Å². The van der Waals surface area contributed by atoms with Crippen LogP contribution in [0.5, 0.6) is 0 Å². The summed E-state index contributed by atoms with van der Waals surface area (Å²) in [5, 5.41) is 0. The van der Waals surface area contributed by atoms with E-state index in [0.717, 1.165) is 13.0 Å². The standard InChI is InChI=1S/C14H21NO2/c1-14(2)15(11-16-3)13(10-17-14)9-12-7-5-4-6-8-12/h4-8,13H,9-11H2,1-3H3. The zero-order valence-corrected chi connectivity index (χ0v) is 10.8. The van der Waals surface area contributed by atoms with Gasteiger partial charge in [0.05, 0.1) is 6.61 Å². The first-order valence-corrected chi connectivity index (χ1v) is 6.07. The number of nitrogens with zero attached hydrogens (tertiary/aromatic N) is 1. The molecule has 1 fully saturated rings. The third-order valence-corrected chi connectivity index (χ3v) is 3.34. The molecule has 1 aromatic rings. The minimum Gasteiger partial charge on any atom is -0.369 e. The van der Waals surface area contributed by atoms with E-state index in [1.807, 2.05) is 6.07 Å². The lowest BCUT2D eigenvalue weighted by molar-refractivity contribution is -0.0941. The Bertz CT molecular complexity index is 350. The van der Waals surface area contributed by atoms with E-state index in [2.05, 4.69) is 43.0 Å². The molecule has 3 heteroatoms. The van der Waals surface area contributed by atoms with E-state index in [0.29, 0.717) is 12.8 Å². The molecule has 1 aliphatic heterocycles. The molecule has 0 N–H and O–H groups in total. The first-order valence-electron chi connectivity index (χ1n) is 6.07. The highest BCUT2D eigenvalue weighted by molar-refractivity contribution is 5.16. The number of methoxy groups -OCH3 is 1. The molecule has 0 bridgehead atoms. The van der Waals surface area contributed by atoms with Crippen molar-refractivity contribution < 1.29 is 9.47 Å². The fourth-order valence-corrected chi connectivity index (χ4v) is 2.37. The van der Waals surface area contributed by atoms with Crippen molar-refractivity contribution in [2.24, 2.45) is 0 Å². The van der Waals surface area contributed by atoms with Crippen LogP contribution in [0.25, 0.3) is 0 Å². The van der Waals surface area contributed by atoms with Gasteiger partial charge >= 0.3 is 0 Å². The van der Waals surface area contributed by atoms with E-state index in [-0.39, 0.29) is 5.72 Å². The molecule has 0 spiro atoms. The van der Waals surface area contributed by atoms with Crippen molar-refractivity contribution in [1.29, 1.82) is 0 Å². The average molecular weight is 235 g/mol. The SMILES string of the molecule is COCN1C(Cc2ccccc2)COC1(C)C. The molecule has 17 heavy (non-hydrogen) atoms. The Balaban J connectivity index is 2.06. The summed E-state index contributed by atoms with van der Waals surface area (Å²) in [5.74, 6) is 0. The van der Waals surface area contributed by atoms with E-state index in [1.165, 1.54) is 5.56 Å². The largest absolute Gasteiger partial charge is 0.369 e. The Morgan fingerprint density at radius 2 is 2.06 bits per heavy atom. The summed E-state index contributed by atoms with van der Waals surface area (Å²) >= 11 is 0. The van der Waals surface area contributed by atoms with Crippen LogP contribution in [0.2, 0.25) is 0 Å². The molecule has 1 atom stereocenters. The van der Waals surface area contributed by atoms with E-state index in [9.17, 15) is 0 Å². The van der Waals surface area contributed by atoms with Crippen LogP contribution < -0.4 is 0 Å². The number of hydrogen-bond acceptors (Lipinski definition) is 3. The second-order valence-electron chi connectivity index (χ2n) is 4.99. The van der Waals surface area contributed by atoms with Gasteiger partial charge < -0.3 is 9.47 Å². The summed E-state index contributed by atoms with van der Waals surface area (Å²) < 4.78 is 11.1. The average Bonchev–Trinajstić information content (AvgIpc) is 2.58. The second kappa shape index (κ2) is 5.17. The van der Waals surface area contributed by atoms with Crippen molar-refractivity contribution in [3.05, 3.63) is 35.9 Å². The van der Waals surface area contributed by atoms with Crippen LogP contribution in [-0.2, 0) is 15.9 Å². The number of benzene rings is 1. The topological polar surface area (TPSA) is 21.7 Å². The molecule has 1 aromatic carbocycles. The van der Waals surface area contributed by atoms with Gasteiger partial charge in [-0.3, -0.25) is 0 Å². The molecule has 94 valence electrons. The Morgan fingerprint density at radius 1 is 1.35 bits per heavy atom. The van der Waals surface area contributed by atoms with Gasteiger partial charge in [0, 0.05) is 13.2 Å². The summed E-state index contributed by atoms with van der Waals surface area (Å²) in [6, 6.07) is 10.9. The van der Waals surface area contributed by atoms with Gasteiger partial charge in [-0.15, -0.1) is 0 Å². The van der Waals surface area contributed by atoms with Gasteiger partial charge in [0.1, 0.15) is 12.5 Å². The maximum Gasteiger partial charge on any atom is 0.118 e. The predicted octanol–water partition coefficient (Wildman–Crippen LogP) is 2.27. The van der Waals surface area contributed by atoms with E-state index in [1.54, 1.807) is 7.11 Å². The quantitative estimate of drug-likeness (QED) is 0.799. The molecule has 0 aliphatic carbocycles. The van der Waals surface area contributed by atoms with Gasteiger partial charge in [-0.25, -0.2) is 4.90 Å². The van der Waals surface area contributed by atoms with Gasteiger partial charge in [0.2, 0.25) is 0 Å². The van der Waals surface area contributed by atoms with Crippen LogP contribution in [0.4, 0.5) is 0 Å². The fraction of sp³-hybridized carbons (Fsp3) is 0.571. The minimum atomic E-state index is -0.227. The van der Waals surface area contributed by atoms with Crippen LogP contribution in [0.15, 0.2) is 30.3 Å². The van der Waals surface area contributed by atoms with Crippen molar-refractivity contribution in [2.45, 2.75) is 32.0 Å². The molecule has 0 aromatic heterocycles. The monoisotopic (exact) mass is 235 g/mol. The fourth-order valence-electron chi connectivity index (χ4n) is 2.37. The van der Waals surface area contributed by atoms with Gasteiger partial charge in [0.15, 0.2) is 0 Å². The van der Waals surface area contributed by atoms with E-state index in [4.69, 9.17) is 9.47 Å². The zero-order chi connectivity index (χ0) is 12.3. The summed E-state index contributed by atoms with van der Waals surface area (Å²) in [6.07, 6.45) is 1.01. The molecule has 2 rings (SSSR count). The lowest BCUT2D eigenvalue weighted by atomic mass is 10.1. The predicted molar refractivity (Wildman–Crippen MR) is 67.7 cm³/mol. The molecular weight excluding hydrogens is 214 g/mol. The van der Waals surface area contributed by atoms with Gasteiger partial charge in [-0.1, -0.05) is 30.3 Å². The van der Waals surface area contributed by atoms with Crippen LogP contribution in [0.1, 0.15) is 19.4 Å².